The van der Waals surface area contributed by atoms with E-state index in [-0.39, 0.29) is 0 Å². The predicted octanol–water partition coefficient (Wildman–Crippen LogP) is 13.2. The Labute approximate surface area is 356 Å². The van der Waals surface area contributed by atoms with Crippen molar-refractivity contribution >= 4 is 43.6 Å². The van der Waals surface area contributed by atoms with Gasteiger partial charge in [-0.3, -0.25) is 4.57 Å². The maximum Gasteiger partial charge on any atom is 0.238 e. The number of nitrogens with zero attached hydrogens (tertiary/aromatic N) is 7. The van der Waals surface area contributed by atoms with E-state index < -0.39 is 0 Å². The van der Waals surface area contributed by atoms with Gasteiger partial charge in [-0.1, -0.05) is 164 Å². The van der Waals surface area contributed by atoms with Crippen molar-refractivity contribution < 1.29 is 0 Å². The molecule has 4 heterocycles. The van der Waals surface area contributed by atoms with Crippen LogP contribution < -0.4 is 0 Å². The minimum absolute atomic E-state index is 0.538. The van der Waals surface area contributed by atoms with Gasteiger partial charge < -0.3 is 4.57 Å². The highest BCUT2D eigenvalue weighted by atomic mass is 15.2. The molecule has 4 aromatic heterocycles. The van der Waals surface area contributed by atoms with E-state index in [4.69, 9.17) is 24.9 Å². The minimum atomic E-state index is 0.538. The summed E-state index contributed by atoms with van der Waals surface area (Å²) in [6.45, 7) is 0. The van der Waals surface area contributed by atoms with Crippen LogP contribution in [0.2, 0.25) is 0 Å². The van der Waals surface area contributed by atoms with Crippen LogP contribution in [-0.4, -0.2) is 34.1 Å². The second kappa shape index (κ2) is 14.6. The van der Waals surface area contributed by atoms with E-state index in [2.05, 4.69) is 137 Å². The standard InChI is InChI=1S/C55H35N7/c1-5-18-36(19-6-1)46-35-47(57-52(56-46)37-20-7-2-8-21-37)39-24-17-25-40(32-39)54-58-53(38-22-9-3-10-23-38)59-55(60-54)62-49-31-16-14-29-43(49)45-33-50-44(34-51(45)62)42-28-13-15-30-48(42)61(50)41-26-11-4-12-27-41/h1-35H. The predicted molar refractivity (Wildman–Crippen MR) is 251 cm³/mol. The average molecular weight is 794 g/mol. The highest BCUT2D eigenvalue weighted by Crippen LogP contribution is 2.40. The number of fused-ring (bicyclic) bond motifs is 6. The Balaban J connectivity index is 1.08. The van der Waals surface area contributed by atoms with E-state index in [9.17, 15) is 0 Å². The molecule has 8 aromatic carbocycles. The molecule has 0 saturated carbocycles. The Hall–Kier alpha value is -8.55. The molecule has 12 rings (SSSR count). The fourth-order valence-electron chi connectivity index (χ4n) is 8.70. The molecule has 0 unspecified atom stereocenters. The van der Waals surface area contributed by atoms with E-state index in [0.717, 1.165) is 83.1 Å². The highest BCUT2D eigenvalue weighted by molar-refractivity contribution is 6.19. The average Bonchev–Trinajstić information content (AvgIpc) is 3.86. The lowest BCUT2D eigenvalue weighted by molar-refractivity contribution is 0.954. The Morgan fingerprint density at radius 2 is 0.694 bits per heavy atom. The Morgan fingerprint density at radius 1 is 0.258 bits per heavy atom. The lowest BCUT2D eigenvalue weighted by atomic mass is 10.0. The normalized spacial score (nSPS) is 11.5. The molecule has 7 nitrogen and oxygen atoms in total. The van der Waals surface area contributed by atoms with Gasteiger partial charge in [0, 0.05) is 55.0 Å². The zero-order valence-corrected chi connectivity index (χ0v) is 33.3. The molecule has 62 heavy (non-hydrogen) atoms. The number of hydrogen-bond donors (Lipinski definition) is 0. The van der Waals surface area contributed by atoms with E-state index in [1.54, 1.807) is 0 Å². The Bertz CT molecular complexity index is 3560. The third kappa shape index (κ3) is 6.02. The fourth-order valence-corrected chi connectivity index (χ4v) is 8.70. The van der Waals surface area contributed by atoms with Crippen molar-refractivity contribution in [3.05, 3.63) is 212 Å². The summed E-state index contributed by atoms with van der Waals surface area (Å²) in [7, 11) is 0. The lowest BCUT2D eigenvalue weighted by Gasteiger charge is -2.12. The summed E-state index contributed by atoms with van der Waals surface area (Å²) in [6, 6.07) is 73.2. The van der Waals surface area contributed by atoms with Crippen molar-refractivity contribution in [1.29, 1.82) is 0 Å². The van der Waals surface area contributed by atoms with Gasteiger partial charge in [0.1, 0.15) is 0 Å². The van der Waals surface area contributed by atoms with Crippen LogP contribution in [0.15, 0.2) is 212 Å². The number of rotatable bonds is 7. The third-order valence-corrected chi connectivity index (χ3v) is 11.6. The van der Waals surface area contributed by atoms with Crippen LogP contribution in [0.3, 0.4) is 0 Å². The molecule has 12 aromatic rings. The van der Waals surface area contributed by atoms with Crippen molar-refractivity contribution in [3.63, 3.8) is 0 Å². The summed E-state index contributed by atoms with van der Waals surface area (Å²) < 4.78 is 4.56. The van der Waals surface area contributed by atoms with Gasteiger partial charge in [0.15, 0.2) is 17.5 Å². The van der Waals surface area contributed by atoms with Gasteiger partial charge in [0.05, 0.1) is 33.5 Å². The van der Waals surface area contributed by atoms with Gasteiger partial charge in [-0.05, 0) is 48.5 Å². The molecular formula is C55H35N7. The quantitative estimate of drug-likeness (QED) is 0.161. The Morgan fingerprint density at radius 3 is 1.31 bits per heavy atom. The number of hydrogen-bond acceptors (Lipinski definition) is 5. The smallest absolute Gasteiger partial charge is 0.238 e. The maximum absolute atomic E-state index is 5.33. The molecule has 0 aliphatic carbocycles. The summed E-state index contributed by atoms with van der Waals surface area (Å²) in [5.41, 5.74) is 11.7. The fraction of sp³-hybridized carbons (Fsp3) is 0. The van der Waals surface area contributed by atoms with Crippen LogP contribution >= 0.6 is 0 Å². The van der Waals surface area contributed by atoms with Gasteiger partial charge in [-0.2, -0.15) is 9.97 Å². The Kier molecular flexibility index (Phi) is 8.35. The van der Waals surface area contributed by atoms with Crippen LogP contribution in [0.25, 0.3) is 112 Å². The van der Waals surface area contributed by atoms with Gasteiger partial charge >= 0.3 is 0 Å². The second-order valence-electron chi connectivity index (χ2n) is 15.4. The summed E-state index contributed by atoms with van der Waals surface area (Å²) in [5.74, 6) is 2.34. The van der Waals surface area contributed by atoms with Crippen LogP contribution in [0.5, 0.6) is 0 Å². The molecular weight excluding hydrogens is 759 g/mol. The van der Waals surface area contributed by atoms with E-state index in [0.29, 0.717) is 23.4 Å². The first-order chi connectivity index (χ1) is 30.7. The van der Waals surface area contributed by atoms with Crippen LogP contribution in [0.4, 0.5) is 0 Å². The molecule has 0 amide bonds. The molecule has 0 radical (unpaired) electrons. The van der Waals surface area contributed by atoms with Crippen LogP contribution in [-0.2, 0) is 0 Å². The summed E-state index contributed by atoms with van der Waals surface area (Å²) in [6.07, 6.45) is 0. The first-order valence-corrected chi connectivity index (χ1v) is 20.7. The first-order valence-electron chi connectivity index (χ1n) is 20.7. The summed E-state index contributed by atoms with van der Waals surface area (Å²) in [5, 5.41) is 4.57. The van der Waals surface area contributed by atoms with Crippen molar-refractivity contribution in [3.8, 4) is 68.3 Å². The monoisotopic (exact) mass is 793 g/mol. The highest BCUT2D eigenvalue weighted by Gasteiger charge is 2.21. The van der Waals surface area contributed by atoms with E-state index >= 15 is 0 Å². The number of aromatic nitrogens is 7. The van der Waals surface area contributed by atoms with Gasteiger partial charge in [-0.15, -0.1) is 0 Å². The molecule has 0 aliphatic heterocycles. The molecule has 0 fully saturated rings. The minimum Gasteiger partial charge on any atom is -0.309 e. The maximum atomic E-state index is 5.33. The van der Waals surface area contributed by atoms with Crippen molar-refractivity contribution in [2.75, 3.05) is 0 Å². The van der Waals surface area contributed by atoms with Crippen molar-refractivity contribution in [2.45, 2.75) is 0 Å². The zero-order chi connectivity index (χ0) is 41.0. The number of para-hydroxylation sites is 3. The summed E-state index contributed by atoms with van der Waals surface area (Å²) >= 11 is 0. The molecule has 0 spiro atoms. The number of benzene rings is 8. The third-order valence-electron chi connectivity index (χ3n) is 11.6. The van der Waals surface area contributed by atoms with Gasteiger partial charge in [-0.25, -0.2) is 15.0 Å². The topological polar surface area (TPSA) is 74.3 Å². The van der Waals surface area contributed by atoms with E-state index in [1.165, 1.54) is 5.39 Å². The molecule has 0 aliphatic rings. The molecule has 0 atom stereocenters. The largest absolute Gasteiger partial charge is 0.309 e. The second-order valence-corrected chi connectivity index (χ2v) is 15.4. The molecule has 290 valence electrons. The first kappa shape index (κ1) is 35.4. The van der Waals surface area contributed by atoms with Crippen LogP contribution in [0, 0.1) is 0 Å². The van der Waals surface area contributed by atoms with E-state index in [1.807, 2.05) is 84.9 Å². The van der Waals surface area contributed by atoms with Gasteiger partial charge in [0.2, 0.25) is 5.95 Å². The molecule has 0 N–H and O–H groups in total. The van der Waals surface area contributed by atoms with Gasteiger partial charge in [0.25, 0.3) is 0 Å². The van der Waals surface area contributed by atoms with Crippen molar-refractivity contribution in [1.82, 2.24) is 34.1 Å². The summed E-state index contributed by atoms with van der Waals surface area (Å²) in [4.78, 5) is 25.9. The van der Waals surface area contributed by atoms with Crippen molar-refractivity contribution in [2.24, 2.45) is 0 Å². The molecule has 7 heteroatoms. The molecule has 0 saturated heterocycles. The van der Waals surface area contributed by atoms with Crippen LogP contribution in [0.1, 0.15) is 0 Å². The zero-order valence-electron chi connectivity index (χ0n) is 33.3. The molecule has 0 bridgehead atoms. The lowest BCUT2D eigenvalue weighted by Crippen LogP contribution is -2.06. The SMILES string of the molecule is c1ccc(-c2cc(-c3cccc(-c4nc(-c5ccccc5)nc(-n5c6ccccc6c6cc7c(cc65)c5ccccc5n7-c5ccccc5)n4)c3)nc(-c3ccccc3)n2)cc1.